The summed E-state index contributed by atoms with van der Waals surface area (Å²) in [6, 6.07) is 6.73. The fourth-order valence-corrected chi connectivity index (χ4v) is 4.62. The summed E-state index contributed by atoms with van der Waals surface area (Å²) >= 11 is 6.36. The Morgan fingerprint density at radius 1 is 1.10 bits per heavy atom. The van der Waals surface area contributed by atoms with Crippen molar-refractivity contribution in [3.63, 3.8) is 0 Å². The fraction of sp³-hybridized carbons (Fsp3) is 0.357. The number of nitrogens with zero attached hydrogens (tertiary/aromatic N) is 3. The molecule has 218 valence electrons. The summed E-state index contributed by atoms with van der Waals surface area (Å²) in [5.41, 5.74) is -0.0460. The van der Waals surface area contributed by atoms with Crippen LogP contribution in [0.15, 0.2) is 36.5 Å². The summed E-state index contributed by atoms with van der Waals surface area (Å²) in [5, 5.41) is 5.61. The molecule has 10 nitrogen and oxygen atoms in total. The Morgan fingerprint density at radius 3 is 2.49 bits per heavy atom. The average Bonchev–Trinajstić information content (AvgIpc) is 3.51. The molecule has 4 rings (SSSR count). The maximum Gasteiger partial charge on any atom is 0.410 e. The van der Waals surface area contributed by atoms with Crippen LogP contribution in [0, 0.1) is 11.6 Å². The first-order valence-electron chi connectivity index (χ1n) is 12.7. The van der Waals surface area contributed by atoms with Crippen LogP contribution in [0.5, 0.6) is 5.75 Å². The Bertz CT molecular complexity index is 1500. The van der Waals surface area contributed by atoms with Gasteiger partial charge in [-0.05, 0) is 57.5 Å². The smallest absolute Gasteiger partial charge is 0.410 e. The maximum atomic E-state index is 14.6. The summed E-state index contributed by atoms with van der Waals surface area (Å²) < 4.78 is 40.3. The number of amides is 3. The first-order chi connectivity index (χ1) is 19.3. The molecule has 1 aliphatic heterocycles. The Balaban J connectivity index is 1.40. The number of imidazole rings is 1. The van der Waals surface area contributed by atoms with Crippen molar-refractivity contribution in [1.29, 1.82) is 0 Å². The molecule has 1 atom stereocenters. The number of methoxy groups -OCH3 is 1. The van der Waals surface area contributed by atoms with Crippen LogP contribution in [-0.4, -0.2) is 64.2 Å². The third-order valence-electron chi connectivity index (χ3n) is 6.38. The summed E-state index contributed by atoms with van der Waals surface area (Å²) in [5.74, 6) is -3.64. The number of benzene rings is 2. The van der Waals surface area contributed by atoms with Gasteiger partial charge in [-0.3, -0.25) is 9.59 Å². The molecule has 1 fully saturated rings. The highest BCUT2D eigenvalue weighted by atomic mass is 35.5. The lowest BCUT2D eigenvalue weighted by atomic mass is 10.1. The van der Waals surface area contributed by atoms with Crippen LogP contribution < -0.4 is 15.4 Å². The molecule has 2 N–H and O–H groups in total. The second-order valence-electron chi connectivity index (χ2n) is 10.5. The van der Waals surface area contributed by atoms with Crippen molar-refractivity contribution in [3.05, 3.63) is 64.6 Å². The lowest BCUT2D eigenvalue weighted by Gasteiger charge is -2.24. The molecule has 2 aromatic carbocycles. The Morgan fingerprint density at radius 2 is 1.83 bits per heavy atom. The van der Waals surface area contributed by atoms with Crippen molar-refractivity contribution in [2.24, 2.45) is 7.05 Å². The van der Waals surface area contributed by atoms with Crippen molar-refractivity contribution >= 4 is 35.2 Å². The van der Waals surface area contributed by atoms with Gasteiger partial charge < -0.3 is 29.6 Å². The Labute approximate surface area is 240 Å². The molecule has 0 bridgehead atoms. The van der Waals surface area contributed by atoms with E-state index in [1.54, 1.807) is 25.7 Å². The van der Waals surface area contributed by atoms with Crippen molar-refractivity contribution in [2.45, 2.75) is 38.8 Å². The highest BCUT2D eigenvalue weighted by Gasteiger charge is 2.31. The molecule has 2 heterocycles. The monoisotopic (exact) mass is 589 g/mol. The molecule has 1 saturated heterocycles. The minimum absolute atomic E-state index is 0.0654. The van der Waals surface area contributed by atoms with Crippen LogP contribution in [0.3, 0.4) is 0 Å². The van der Waals surface area contributed by atoms with E-state index >= 15 is 0 Å². The van der Waals surface area contributed by atoms with Gasteiger partial charge in [0.25, 0.3) is 11.8 Å². The molecule has 13 heteroatoms. The predicted molar refractivity (Wildman–Crippen MR) is 148 cm³/mol. The largest absolute Gasteiger partial charge is 0.494 e. The third kappa shape index (κ3) is 6.59. The van der Waals surface area contributed by atoms with Gasteiger partial charge in [-0.2, -0.15) is 4.39 Å². The number of nitrogens with one attached hydrogen (secondary N) is 2. The molecule has 3 amide bonds. The second kappa shape index (κ2) is 11.7. The summed E-state index contributed by atoms with van der Waals surface area (Å²) in [6.07, 6.45) is 1.38. The Kier molecular flexibility index (Phi) is 8.52. The summed E-state index contributed by atoms with van der Waals surface area (Å²) in [4.78, 5) is 43.7. The van der Waals surface area contributed by atoms with Gasteiger partial charge in [-0.1, -0.05) is 11.6 Å². The average molecular weight is 590 g/mol. The first-order valence-corrected chi connectivity index (χ1v) is 13.1. The summed E-state index contributed by atoms with van der Waals surface area (Å²) in [6.45, 7) is 6.12. The zero-order valence-electron chi connectivity index (χ0n) is 23.2. The molecule has 1 aromatic heterocycles. The number of anilines is 1. The minimum Gasteiger partial charge on any atom is -0.494 e. The first kappa shape index (κ1) is 29.8. The molecule has 41 heavy (non-hydrogen) atoms. The van der Waals surface area contributed by atoms with Crippen molar-refractivity contribution in [2.75, 3.05) is 25.5 Å². The van der Waals surface area contributed by atoms with Gasteiger partial charge in [0, 0.05) is 37.4 Å². The van der Waals surface area contributed by atoms with Gasteiger partial charge in [0.1, 0.15) is 5.60 Å². The number of hydrogen-bond acceptors (Lipinski definition) is 6. The van der Waals surface area contributed by atoms with Crippen molar-refractivity contribution in [1.82, 2.24) is 19.8 Å². The quantitative estimate of drug-likeness (QED) is 0.417. The molecular formula is C28H30ClF2N5O5. The zero-order valence-corrected chi connectivity index (χ0v) is 23.9. The van der Waals surface area contributed by atoms with Gasteiger partial charge in [-0.15, -0.1) is 0 Å². The number of ether oxygens (including phenoxy) is 2. The molecule has 0 radical (unpaired) electrons. The highest BCUT2D eigenvalue weighted by molar-refractivity contribution is 6.34. The van der Waals surface area contributed by atoms with Gasteiger partial charge in [0.15, 0.2) is 17.4 Å². The van der Waals surface area contributed by atoms with Crippen LogP contribution in [-0.2, 0) is 11.8 Å². The van der Waals surface area contributed by atoms with E-state index in [1.807, 2.05) is 0 Å². The van der Waals surface area contributed by atoms with Crippen molar-refractivity contribution < 1.29 is 32.6 Å². The maximum absolute atomic E-state index is 14.6. The molecule has 0 aliphatic carbocycles. The molecule has 0 spiro atoms. The minimum atomic E-state index is -1.15. The zero-order chi connectivity index (χ0) is 30.1. The second-order valence-corrected chi connectivity index (χ2v) is 10.9. The van der Waals surface area contributed by atoms with Crippen LogP contribution in [0.2, 0.25) is 5.02 Å². The van der Waals surface area contributed by atoms with E-state index in [2.05, 4.69) is 15.6 Å². The molecular weight excluding hydrogens is 560 g/mol. The van der Waals surface area contributed by atoms with E-state index in [1.165, 1.54) is 55.3 Å². The molecule has 1 aliphatic rings. The van der Waals surface area contributed by atoms with E-state index in [0.717, 1.165) is 0 Å². The summed E-state index contributed by atoms with van der Waals surface area (Å²) in [7, 11) is 2.72. The number of carbonyl (C=O) groups excluding carboxylic acids is 3. The van der Waals surface area contributed by atoms with E-state index in [-0.39, 0.29) is 39.5 Å². The normalized spacial score (nSPS) is 15.0. The van der Waals surface area contributed by atoms with Crippen LogP contribution >= 0.6 is 11.6 Å². The molecule has 3 aromatic rings. The standard InChI is InChI=1S/C28H30ClF2N5O5/c1-28(2,3)41-27(39)36-11-10-16(14-36)34-25(37)17-7-6-15(12-19(17)29)33-26(38)24-32-13-20(35(24)4)18-8-9-21(40-5)23(31)22(18)30/h6-9,12-13,16H,10-11,14H2,1-5H3,(H,33,38)(H,34,37)/t16-/m0/s1. The number of carbonyl (C=O) groups is 3. The third-order valence-corrected chi connectivity index (χ3v) is 6.69. The van der Waals surface area contributed by atoms with Crippen molar-refractivity contribution in [3.8, 4) is 17.0 Å². The number of aromatic nitrogens is 2. The number of halogens is 3. The fourth-order valence-electron chi connectivity index (χ4n) is 4.36. The highest BCUT2D eigenvalue weighted by Crippen LogP contribution is 2.30. The van der Waals surface area contributed by atoms with Gasteiger partial charge in [0.2, 0.25) is 5.82 Å². The van der Waals surface area contributed by atoms with Crippen LogP contribution in [0.1, 0.15) is 48.2 Å². The SMILES string of the molecule is COc1ccc(-c2cnc(C(=O)Nc3ccc(C(=O)N[C@H]4CCN(C(=O)OC(C)(C)C)C4)c(Cl)c3)n2C)c(F)c1F. The Hall–Kier alpha value is -4.19. The van der Waals surface area contributed by atoms with Gasteiger partial charge in [-0.25, -0.2) is 14.2 Å². The predicted octanol–water partition coefficient (Wildman–Crippen LogP) is 5.02. The van der Waals surface area contributed by atoms with Crippen LogP contribution in [0.25, 0.3) is 11.3 Å². The topological polar surface area (TPSA) is 115 Å². The molecule has 0 unspecified atom stereocenters. The van der Waals surface area contributed by atoms with Gasteiger partial charge >= 0.3 is 6.09 Å². The number of rotatable bonds is 6. The number of likely N-dealkylation sites (tertiary alicyclic amines) is 1. The van der Waals surface area contributed by atoms with Gasteiger partial charge in [0.05, 0.1) is 29.6 Å². The number of hydrogen-bond donors (Lipinski definition) is 2. The van der Waals surface area contributed by atoms with E-state index in [4.69, 9.17) is 21.1 Å². The lowest BCUT2D eigenvalue weighted by Crippen LogP contribution is -2.40. The van der Waals surface area contributed by atoms with Crippen LogP contribution in [0.4, 0.5) is 19.3 Å². The van der Waals surface area contributed by atoms with E-state index < -0.39 is 35.1 Å². The van der Waals surface area contributed by atoms with E-state index in [0.29, 0.717) is 25.2 Å². The lowest BCUT2D eigenvalue weighted by molar-refractivity contribution is 0.0290. The van der Waals surface area contributed by atoms with E-state index in [9.17, 15) is 23.2 Å². The molecule has 0 saturated carbocycles.